The van der Waals surface area contributed by atoms with Gasteiger partial charge < -0.3 is 4.74 Å². The second-order valence-corrected chi connectivity index (χ2v) is 7.11. The molecule has 28 heavy (non-hydrogen) atoms. The van der Waals surface area contributed by atoms with Gasteiger partial charge in [0.25, 0.3) is 0 Å². The van der Waals surface area contributed by atoms with Crippen molar-refractivity contribution in [3.63, 3.8) is 0 Å². The highest BCUT2D eigenvalue weighted by Crippen LogP contribution is 2.22. The number of amides is 1. The zero-order chi connectivity index (χ0) is 20.4. The minimum Gasteiger partial charge on any atom is -0.445 e. The van der Waals surface area contributed by atoms with Gasteiger partial charge in [0.2, 0.25) is 0 Å². The number of pyridine rings is 1. The number of hydrogen-bond donors (Lipinski definition) is 1. The highest BCUT2D eigenvalue weighted by molar-refractivity contribution is 5.78. The molecule has 6 heteroatoms. The maximum atomic E-state index is 13.4. The van der Waals surface area contributed by atoms with Crippen LogP contribution in [0.2, 0.25) is 0 Å². The molecule has 0 aliphatic carbocycles. The number of piperidine rings is 1. The van der Waals surface area contributed by atoms with Crippen molar-refractivity contribution in [1.82, 2.24) is 15.2 Å². The number of halogens is 1. The normalized spacial score (nSPS) is 19.9. The molecule has 2 rings (SSSR count). The Kier molecular flexibility index (Phi) is 9.14. The van der Waals surface area contributed by atoms with Crippen molar-refractivity contribution in [2.45, 2.75) is 58.7 Å². The summed E-state index contributed by atoms with van der Waals surface area (Å²) in [5, 5.41) is 2.84. The van der Waals surface area contributed by atoms with Gasteiger partial charge >= 0.3 is 6.09 Å². The topological polar surface area (TPSA) is 54.5 Å². The number of carbonyl (C=O) groups excluding carboxylic acids is 1. The van der Waals surface area contributed by atoms with E-state index in [0.717, 1.165) is 50.0 Å². The zero-order valence-corrected chi connectivity index (χ0v) is 17.2. The maximum Gasteiger partial charge on any atom is 0.411 e. The van der Waals surface area contributed by atoms with Crippen molar-refractivity contribution in [2.75, 3.05) is 19.6 Å². The zero-order valence-electron chi connectivity index (χ0n) is 17.2. The Labute approximate surface area is 167 Å². The average molecular weight is 390 g/mol. The van der Waals surface area contributed by atoms with E-state index in [-0.39, 0.29) is 6.10 Å². The van der Waals surface area contributed by atoms with E-state index in [1.807, 2.05) is 19.1 Å². The summed E-state index contributed by atoms with van der Waals surface area (Å²) in [4.78, 5) is 18.9. The third kappa shape index (κ3) is 7.08. The first-order valence-electron chi connectivity index (χ1n) is 10.2. The number of nitrogens with one attached hydrogen (secondary N) is 1. The Hall–Kier alpha value is -2.21. The molecule has 1 amide bonds. The highest BCUT2D eigenvalue weighted by atomic mass is 19.1. The summed E-state index contributed by atoms with van der Waals surface area (Å²) in [6, 6.07) is 3.75. The SMILES string of the molecule is CCCN1CCC[C@@H](OC(=O)NC(/C=C\C(C)F)=C(/CC)c2ccncc2)C1. The maximum absolute atomic E-state index is 13.4. The molecule has 1 unspecified atom stereocenters. The molecule has 1 N–H and O–H groups in total. The molecule has 2 atom stereocenters. The molecule has 1 aliphatic heterocycles. The van der Waals surface area contributed by atoms with Gasteiger partial charge in [0.1, 0.15) is 12.3 Å². The summed E-state index contributed by atoms with van der Waals surface area (Å²) in [5.74, 6) is 0. The van der Waals surface area contributed by atoms with Gasteiger partial charge in [-0.15, -0.1) is 0 Å². The van der Waals surface area contributed by atoms with E-state index in [4.69, 9.17) is 4.74 Å². The molecule has 1 aromatic heterocycles. The first-order valence-corrected chi connectivity index (χ1v) is 10.2. The fourth-order valence-electron chi connectivity index (χ4n) is 3.47. The van der Waals surface area contributed by atoms with E-state index >= 15 is 0 Å². The number of aromatic nitrogens is 1. The number of likely N-dealkylation sites (tertiary alicyclic amines) is 1. The van der Waals surface area contributed by atoms with Crippen LogP contribution >= 0.6 is 0 Å². The van der Waals surface area contributed by atoms with Crippen LogP contribution in [-0.2, 0) is 4.74 Å². The standard InChI is InChI=1S/C22H32FN3O2/c1-4-14-26-15-6-7-19(16-26)28-22(27)25-21(9-8-17(3)23)20(5-2)18-10-12-24-13-11-18/h8-13,17,19H,4-7,14-16H2,1-3H3,(H,25,27)/b9-8-,21-20-/t17?,19-/m1/s1. The molecule has 0 radical (unpaired) electrons. The molecule has 0 bridgehead atoms. The molecule has 1 aromatic rings. The van der Waals surface area contributed by atoms with Gasteiger partial charge in [-0.05, 0) is 81.1 Å². The van der Waals surface area contributed by atoms with Crippen molar-refractivity contribution in [3.05, 3.63) is 47.9 Å². The number of allylic oxidation sites excluding steroid dienone is 3. The molecular weight excluding hydrogens is 357 g/mol. The molecule has 1 fully saturated rings. The van der Waals surface area contributed by atoms with Crippen LogP contribution < -0.4 is 5.32 Å². The fourth-order valence-corrected chi connectivity index (χ4v) is 3.47. The minimum atomic E-state index is -1.11. The first kappa shape index (κ1) is 22.1. The number of alkyl halides is 1. The van der Waals surface area contributed by atoms with Crippen LogP contribution in [0.4, 0.5) is 9.18 Å². The Morgan fingerprint density at radius 2 is 2.18 bits per heavy atom. The number of rotatable bonds is 8. The third-order valence-electron chi connectivity index (χ3n) is 4.75. The Balaban J connectivity index is 2.13. The second-order valence-electron chi connectivity index (χ2n) is 7.11. The predicted molar refractivity (Wildman–Crippen MR) is 111 cm³/mol. The predicted octanol–water partition coefficient (Wildman–Crippen LogP) is 4.72. The van der Waals surface area contributed by atoms with Crippen LogP contribution in [0, 0.1) is 0 Å². The van der Waals surface area contributed by atoms with E-state index in [0.29, 0.717) is 12.1 Å². The Morgan fingerprint density at radius 3 is 2.82 bits per heavy atom. The van der Waals surface area contributed by atoms with E-state index in [1.165, 1.54) is 13.0 Å². The molecule has 0 saturated carbocycles. The van der Waals surface area contributed by atoms with E-state index in [9.17, 15) is 9.18 Å². The molecular formula is C22H32FN3O2. The third-order valence-corrected chi connectivity index (χ3v) is 4.75. The van der Waals surface area contributed by atoms with Gasteiger partial charge in [-0.3, -0.25) is 15.2 Å². The van der Waals surface area contributed by atoms with Crippen LogP contribution in [0.5, 0.6) is 0 Å². The lowest BCUT2D eigenvalue weighted by Crippen LogP contribution is -2.42. The quantitative estimate of drug-likeness (QED) is 0.654. The van der Waals surface area contributed by atoms with Crippen molar-refractivity contribution < 1.29 is 13.9 Å². The van der Waals surface area contributed by atoms with Gasteiger partial charge in [0, 0.05) is 24.6 Å². The molecule has 1 saturated heterocycles. The van der Waals surface area contributed by atoms with Gasteiger partial charge in [0.15, 0.2) is 0 Å². The molecule has 2 heterocycles. The van der Waals surface area contributed by atoms with E-state index in [1.54, 1.807) is 18.5 Å². The molecule has 5 nitrogen and oxygen atoms in total. The van der Waals surface area contributed by atoms with Crippen molar-refractivity contribution in [3.8, 4) is 0 Å². The lowest BCUT2D eigenvalue weighted by molar-refractivity contribution is 0.0439. The fraction of sp³-hybridized carbons (Fsp3) is 0.545. The summed E-state index contributed by atoms with van der Waals surface area (Å²) >= 11 is 0. The summed E-state index contributed by atoms with van der Waals surface area (Å²) < 4.78 is 19.1. The van der Waals surface area contributed by atoms with Gasteiger partial charge in [-0.2, -0.15) is 0 Å². The Bertz CT molecular complexity index is 672. The number of alkyl carbamates (subject to hydrolysis) is 1. The summed E-state index contributed by atoms with van der Waals surface area (Å²) in [6.07, 6.45) is 8.40. The van der Waals surface area contributed by atoms with Crippen LogP contribution in [0.25, 0.3) is 5.57 Å². The summed E-state index contributed by atoms with van der Waals surface area (Å²) in [5.41, 5.74) is 2.41. The van der Waals surface area contributed by atoms with E-state index < -0.39 is 12.3 Å². The highest BCUT2D eigenvalue weighted by Gasteiger charge is 2.23. The molecule has 1 aliphatic rings. The van der Waals surface area contributed by atoms with E-state index in [2.05, 4.69) is 22.1 Å². The number of carbonyl (C=O) groups is 1. The van der Waals surface area contributed by atoms with Gasteiger partial charge in [-0.25, -0.2) is 9.18 Å². The van der Waals surface area contributed by atoms with Crippen LogP contribution in [0.1, 0.15) is 52.0 Å². The number of hydrogen-bond acceptors (Lipinski definition) is 4. The van der Waals surface area contributed by atoms with Crippen molar-refractivity contribution in [2.24, 2.45) is 0 Å². The molecule has 0 spiro atoms. The lowest BCUT2D eigenvalue weighted by Gasteiger charge is -2.32. The minimum absolute atomic E-state index is 0.114. The van der Waals surface area contributed by atoms with Crippen molar-refractivity contribution in [1.29, 1.82) is 0 Å². The average Bonchev–Trinajstić information content (AvgIpc) is 2.68. The largest absolute Gasteiger partial charge is 0.445 e. The lowest BCUT2D eigenvalue weighted by atomic mass is 10.0. The molecule has 154 valence electrons. The van der Waals surface area contributed by atoms with Crippen molar-refractivity contribution >= 4 is 11.7 Å². The van der Waals surface area contributed by atoms with Crippen LogP contribution in [0.15, 0.2) is 42.4 Å². The number of nitrogens with zero attached hydrogens (tertiary/aromatic N) is 2. The summed E-state index contributed by atoms with van der Waals surface area (Å²) in [7, 11) is 0. The number of ether oxygens (including phenoxy) is 1. The van der Waals surface area contributed by atoms with Crippen LogP contribution in [0.3, 0.4) is 0 Å². The second kappa shape index (κ2) is 11.6. The smallest absolute Gasteiger partial charge is 0.411 e. The summed E-state index contributed by atoms with van der Waals surface area (Å²) in [6.45, 7) is 8.44. The Morgan fingerprint density at radius 1 is 1.43 bits per heavy atom. The monoisotopic (exact) mass is 389 g/mol. The van der Waals surface area contributed by atoms with Crippen LogP contribution in [-0.4, -0.2) is 47.9 Å². The van der Waals surface area contributed by atoms with Gasteiger partial charge in [0.05, 0.1) is 0 Å². The molecule has 0 aromatic carbocycles. The van der Waals surface area contributed by atoms with Gasteiger partial charge in [-0.1, -0.05) is 13.8 Å². The first-order chi connectivity index (χ1) is 13.5.